The molecule has 0 amide bonds. The van der Waals surface area contributed by atoms with Crippen molar-refractivity contribution in [2.24, 2.45) is 5.41 Å². The number of hydrogen-bond donors (Lipinski definition) is 0. The van der Waals surface area contributed by atoms with Gasteiger partial charge in [-0.05, 0) is 35.9 Å². The predicted molar refractivity (Wildman–Crippen MR) is 110 cm³/mol. The summed E-state index contributed by atoms with van der Waals surface area (Å²) in [5.41, 5.74) is 3.01. The van der Waals surface area contributed by atoms with Gasteiger partial charge in [0.05, 0.1) is 20.3 Å². The van der Waals surface area contributed by atoms with Crippen LogP contribution in [0.2, 0.25) is 0 Å². The van der Waals surface area contributed by atoms with Gasteiger partial charge in [0.25, 0.3) is 0 Å². The summed E-state index contributed by atoms with van der Waals surface area (Å²) in [6, 6.07) is 12.8. The maximum atomic E-state index is 5.42. The number of aromatic nitrogens is 1. The Bertz CT molecular complexity index is 788. The molecular formula is C22H28N4O2. The van der Waals surface area contributed by atoms with Gasteiger partial charge in [-0.15, -0.1) is 0 Å². The Balaban J connectivity index is 1.12. The smallest absolute Gasteiger partial charge is 0.128 e. The van der Waals surface area contributed by atoms with Crippen LogP contribution >= 0.6 is 0 Å². The van der Waals surface area contributed by atoms with E-state index in [-0.39, 0.29) is 0 Å². The van der Waals surface area contributed by atoms with Crippen molar-refractivity contribution in [3.63, 3.8) is 0 Å². The van der Waals surface area contributed by atoms with Crippen LogP contribution in [0.1, 0.15) is 5.56 Å². The van der Waals surface area contributed by atoms with Crippen molar-refractivity contribution in [2.45, 2.75) is 6.54 Å². The van der Waals surface area contributed by atoms with E-state index >= 15 is 0 Å². The predicted octanol–water partition coefficient (Wildman–Crippen LogP) is 2.25. The number of benzene rings is 1. The number of pyridine rings is 1. The van der Waals surface area contributed by atoms with Gasteiger partial charge in [0, 0.05) is 63.1 Å². The van der Waals surface area contributed by atoms with Crippen molar-refractivity contribution in [1.82, 2.24) is 9.88 Å². The fourth-order valence-corrected chi connectivity index (χ4v) is 4.58. The topological polar surface area (TPSA) is 41.1 Å². The summed E-state index contributed by atoms with van der Waals surface area (Å²) in [6.07, 6.45) is 2.04. The molecule has 0 saturated carbocycles. The van der Waals surface area contributed by atoms with Gasteiger partial charge < -0.3 is 19.3 Å². The molecular weight excluding hydrogens is 352 g/mol. The summed E-state index contributed by atoms with van der Waals surface area (Å²) in [5.74, 6) is 2.02. The van der Waals surface area contributed by atoms with E-state index in [2.05, 4.69) is 39.0 Å². The molecule has 6 nitrogen and oxygen atoms in total. The van der Waals surface area contributed by atoms with Gasteiger partial charge in [-0.1, -0.05) is 6.07 Å². The van der Waals surface area contributed by atoms with Crippen LogP contribution in [0.5, 0.6) is 5.75 Å². The molecule has 1 aromatic carbocycles. The molecule has 0 aliphatic carbocycles. The van der Waals surface area contributed by atoms with Gasteiger partial charge in [0.2, 0.25) is 0 Å². The first-order valence-corrected chi connectivity index (χ1v) is 10.1. The third-order valence-electron chi connectivity index (χ3n) is 6.19. The zero-order chi connectivity index (χ0) is 19.0. The molecule has 3 aliphatic heterocycles. The first kappa shape index (κ1) is 17.8. The van der Waals surface area contributed by atoms with Crippen molar-refractivity contribution in [1.29, 1.82) is 0 Å². The van der Waals surface area contributed by atoms with Crippen LogP contribution in [0.4, 0.5) is 11.5 Å². The molecule has 28 heavy (non-hydrogen) atoms. The zero-order valence-electron chi connectivity index (χ0n) is 16.5. The minimum Gasteiger partial charge on any atom is -0.497 e. The highest BCUT2D eigenvalue weighted by atomic mass is 16.5. The number of nitrogens with zero attached hydrogens (tertiary/aromatic N) is 4. The monoisotopic (exact) mass is 380 g/mol. The zero-order valence-corrected chi connectivity index (χ0v) is 16.5. The fraction of sp³-hybridized carbons (Fsp3) is 0.500. The molecule has 0 radical (unpaired) electrons. The van der Waals surface area contributed by atoms with Crippen molar-refractivity contribution in [3.05, 3.63) is 48.2 Å². The van der Waals surface area contributed by atoms with Gasteiger partial charge in [-0.25, -0.2) is 4.98 Å². The Morgan fingerprint density at radius 2 is 1.68 bits per heavy atom. The number of morpholine rings is 1. The minimum absolute atomic E-state index is 0.439. The van der Waals surface area contributed by atoms with Gasteiger partial charge in [0.15, 0.2) is 0 Å². The van der Waals surface area contributed by atoms with E-state index in [4.69, 9.17) is 14.5 Å². The summed E-state index contributed by atoms with van der Waals surface area (Å²) in [5, 5.41) is 0. The molecule has 0 unspecified atom stereocenters. The maximum absolute atomic E-state index is 5.42. The maximum Gasteiger partial charge on any atom is 0.128 e. The number of methoxy groups -OCH3 is 1. The van der Waals surface area contributed by atoms with E-state index in [0.717, 1.165) is 70.6 Å². The molecule has 0 N–H and O–H groups in total. The van der Waals surface area contributed by atoms with Gasteiger partial charge in [-0.2, -0.15) is 0 Å². The quantitative estimate of drug-likeness (QED) is 0.793. The lowest BCUT2D eigenvalue weighted by atomic mass is 9.72. The molecule has 3 fully saturated rings. The summed E-state index contributed by atoms with van der Waals surface area (Å²) >= 11 is 0. The normalized spacial score (nSPS) is 21.3. The summed E-state index contributed by atoms with van der Waals surface area (Å²) < 4.78 is 10.7. The molecule has 5 rings (SSSR count). The SMILES string of the molecule is COc1ccc(N2CC3(C2)CN(c2ccc(CN4CCOCC4)cn2)C3)cc1. The molecule has 1 spiro atoms. The van der Waals surface area contributed by atoms with Crippen LogP contribution in [0.3, 0.4) is 0 Å². The van der Waals surface area contributed by atoms with Gasteiger partial charge >= 0.3 is 0 Å². The standard InChI is InChI=1S/C22H28N4O2/c1-27-20-5-3-19(4-6-20)25-14-22(15-25)16-26(17-22)21-7-2-18(12-23-21)13-24-8-10-28-11-9-24/h2-7,12H,8-11,13-17H2,1H3. The van der Waals surface area contributed by atoms with E-state index < -0.39 is 0 Å². The second-order valence-corrected chi connectivity index (χ2v) is 8.32. The first-order valence-electron chi connectivity index (χ1n) is 10.1. The fourth-order valence-electron chi connectivity index (χ4n) is 4.58. The lowest BCUT2D eigenvalue weighted by molar-refractivity contribution is 0.0341. The van der Waals surface area contributed by atoms with Crippen LogP contribution in [0, 0.1) is 5.41 Å². The van der Waals surface area contributed by atoms with Gasteiger partial charge in [-0.3, -0.25) is 4.90 Å². The summed E-state index contributed by atoms with van der Waals surface area (Å²) in [7, 11) is 1.71. The minimum atomic E-state index is 0.439. The number of hydrogen-bond acceptors (Lipinski definition) is 6. The van der Waals surface area contributed by atoms with Gasteiger partial charge in [0.1, 0.15) is 11.6 Å². The van der Waals surface area contributed by atoms with Crippen molar-refractivity contribution in [3.8, 4) is 5.75 Å². The van der Waals surface area contributed by atoms with E-state index in [1.807, 2.05) is 18.3 Å². The third-order valence-corrected chi connectivity index (χ3v) is 6.19. The van der Waals surface area contributed by atoms with Crippen LogP contribution in [0.15, 0.2) is 42.6 Å². The van der Waals surface area contributed by atoms with Crippen LogP contribution < -0.4 is 14.5 Å². The van der Waals surface area contributed by atoms with Crippen molar-refractivity contribution >= 4 is 11.5 Å². The average molecular weight is 380 g/mol. The molecule has 4 heterocycles. The molecule has 3 aliphatic rings. The lowest BCUT2D eigenvalue weighted by Crippen LogP contribution is -2.72. The Morgan fingerprint density at radius 1 is 0.964 bits per heavy atom. The average Bonchev–Trinajstić information content (AvgIpc) is 2.68. The number of ether oxygens (including phenoxy) is 2. The number of anilines is 2. The van der Waals surface area contributed by atoms with Crippen molar-refractivity contribution < 1.29 is 9.47 Å². The highest BCUT2D eigenvalue weighted by Crippen LogP contribution is 2.43. The summed E-state index contributed by atoms with van der Waals surface area (Å²) in [6.45, 7) is 9.16. The molecule has 3 saturated heterocycles. The lowest BCUT2D eigenvalue weighted by Gasteiger charge is -2.61. The Labute approximate surface area is 166 Å². The Kier molecular flexibility index (Phi) is 4.61. The molecule has 0 bridgehead atoms. The molecule has 1 aromatic heterocycles. The Hall–Kier alpha value is -2.31. The second-order valence-electron chi connectivity index (χ2n) is 8.32. The largest absolute Gasteiger partial charge is 0.497 e. The van der Waals surface area contributed by atoms with Crippen LogP contribution in [-0.2, 0) is 11.3 Å². The Morgan fingerprint density at radius 3 is 2.32 bits per heavy atom. The second kappa shape index (κ2) is 7.26. The van der Waals surface area contributed by atoms with E-state index in [9.17, 15) is 0 Å². The third kappa shape index (κ3) is 3.42. The molecule has 6 heteroatoms. The van der Waals surface area contributed by atoms with Crippen LogP contribution in [-0.4, -0.2) is 69.5 Å². The van der Waals surface area contributed by atoms with E-state index in [1.54, 1.807) is 7.11 Å². The molecule has 148 valence electrons. The molecule has 0 atom stereocenters. The summed E-state index contributed by atoms with van der Waals surface area (Å²) in [4.78, 5) is 12.0. The number of rotatable bonds is 5. The van der Waals surface area contributed by atoms with E-state index in [0.29, 0.717) is 5.41 Å². The highest BCUT2D eigenvalue weighted by Gasteiger charge is 2.52. The molecule has 2 aromatic rings. The van der Waals surface area contributed by atoms with Crippen molar-refractivity contribution in [2.75, 3.05) is 69.4 Å². The van der Waals surface area contributed by atoms with E-state index in [1.165, 1.54) is 11.3 Å². The highest BCUT2D eigenvalue weighted by molar-refractivity contribution is 5.55. The van der Waals surface area contributed by atoms with Crippen LogP contribution in [0.25, 0.3) is 0 Å². The first-order chi connectivity index (χ1) is 13.7.